The number of benzene rings is 1. The van der Waals surface area contributed by atoms with E-state index in [1.807, 2.05) is 24.3 Å². The fraction of sp³-hybridized carbons (Fsp3) is 0.0833. The highest BCUT2D eigenvalue weighted by Crippen LogP contribution is 2.27. The van der Waals surface area contributed by atoms with Gasteiger partial charge in [-0.15, -0.1) is 10.2 Å². The second-order valence-electron chi connectivity index (χ2n) is 3.62. The molecule has 0 atom stereocenters. The van der Waals surface area contributed by atoms with Gasteiger partial charge in [-0.05, 0) is 12.1 Å². The van der Waals surface area contributed by atoms with Crippen LogP contribution in [0.5, 0.6) is 0 Å². The number of hydrogen-bond acceptors (Lipinski definition) is 6. The third-order valence-corrected chi connectivity index (χ3v) is 4.40. The van der Waals surface area contributed by atoms with Crippen molar-refractivity contribution >= 4 is 34.7 Å². The lowest BCUT2D eigenvalue weighted by Crippen LogP contribution is -1.78. The number of rotatable bonds is 4. The maximum Gasteiger partial charge on any atom is 0.205 e. The van der Waals surface area contributed by atoms with Crippen LogP contribution in [0.3, 0.4) is 0 Å². The Morgan fingerprint density at radius 3 is 3.11 bits per heavy atom. The summed E-state index contributed by atoms with van der Waals surface area (Å²) in [6.45, 7) is 0. The van der Waals surface area contributed by atoms with Gasteiger partial charge in [0.25, 0.3) is 0 Å². The average molecular weight is 310 g/mol. The maximum atomic E-state index is 5.95. The quantitative estimate of drug-likeness (QED) is 0.678. The predicted molar refractivity (Wildman–Crippen MR) is 76.4 cm³/mol. The summed E-state index contributed by atoms with van der Waals surface area (Å²) < 4.78 is 6.59. The molecule has 19 heavy (non-hydrogen) atoms. The average Bonchev–Trinajstić information content (AvgIpc) is 3.08. The molecule has 96 valence electrons. The summed E-state index contributed by atoms with van der Waals surface area (Å²) in [4.78, 5) is 4.25. The lowest BCUT2D eigenvalue weighted by atomic mass is 10.2. The lowest BCUT2D eigenvalue weighted by Gasteiger charge is -1.96. The number of thioether (sulfide) groups is 1. The van der Waals surface area contributed by atoms with Gasteiger partial charge < -0.3 is 4.42 Å². The molecule has 0 bridgehead atoms. The Hall–Kier alpha value is -1.37. The third-order valence-electron chi connectivity index (χ3n) is 2.32. The van der Waals surface area contributed by atoms with E-state index in [2.05, 4.69) is 15.2 Å². The van der Waals surface area contributed by atoms with Crippen LogP contribution in [0.25, 0.3) is 11.3 Å². The first-order valence-corrected chi connectivity index (χ1v) is 7.65. The molecular formula is C12H8ClN3OS2. The van der Waals surface area contributed by atoms with E-state index in [1.165, 1.54) is 11.3 Å². The Kier molecular flexibility index (Phi) is 3.82. The highest BCUT2D eigenvalue weighted by molar-refractivity contribution is 8.00. The van der Waals surface area contributed by atoms with Gasteiger partial charge in [-0.25, -0.2) is 4.98 Å². The fourth-order valence-corrected chi connectivity index (χ4v) is 3.03. The van der Waals surface area contributed by atoms with Crippen LogP contribution >= 0.6 is 34.7 Å². The van der Waals surface area contributed by atoms with Gasteiger partial charge in [0.05, 0.1) is 11.9 Å². The van der Waals surface area contributed by atoms with E-state index in [-0.39, 0.29) is 0 Å². The van der Waals surface area contributed by atoms with Crippen LogP contribution in [0.15, 0.2) is 44.7 Å². The summed E-state index contributed by atoms with van der Waals surface area (Å²) in [5.74, 6) is 2.01. The summed E-state index contributed by atoms with van der Waals surface area (Å²) in [6, 6.07) is 7.50. The molecule has 0 spiro atoms. The smallest absolute Gasteiger partial charge is 0.205 e. The molecule has 0 amide bonds. The molecule has 2 aromatic heterocycles. The van der Waals surface area contributed by atoms with Gasteiger partial charge in [0, 0.05) is 10.6 Å². The van der Waals surface area contributed by atoms with Crippen molar-refractivity contribution in [2.24, 2.45) is 0 Å². The minimum absolute atomic E-state index is 0.635. The lowest BCUT2D eigenvalue weighted by molar-refractivity contribution is 0.530. The SMILES string of the molecule is Clc1cccc(-c2cnc(CSc3nncs3)o2)c1. The van der Waals surface area contributed by atoms with E-state index in [4.69, 9.17) is 16.0 Å². The van der Waals surface area contributed by atoms with E-state index in [9.17, 15) is 0 Å². The second kappa shape index (κ2) is 5.73. The van der Waals surface area contributed by atoms with Crippen molar-refractivity contribution in [1.29, 1.82) is 0 Å². The molecule has 3 aromatic rings. The van der Waals surface area contributed by atoms with Crippen LogP contribution in [-0.2, 0) is 5.75 Å². The Labute approximate surface area is 122 Å². The van der Waals surface area contributed by atoms with E-state index in [0.717, 1.165) is 15.7 Å². The first-order chi connectivity index (χ1) is 9.31. The zero-order valence-electron chi connectivity index (χ0n) is 9.62. The molecule has 3 rings (SSSR count). The van der Waals surface area contributed by atoms with Gasteiger partial charge in [-0.1, -0.05) is 46.8 Å². The molecule has 0 fully saturated rings. The summed E-state index contributed by atoms with van der Waals surface area (Å²) in [5, 5.41) is 8.41. The molecule has 0 unspecified atom stereocenters. The van der Waals surface area contributed by atoms with Crippen molar-refractivity contribution in [3.05, 3.63) is 46.9 Å². The van der Waals surface area contributed by atoms with Crippen LogP contribution in [0.2, 0.25) is 5.02 Å². The number of halogens is 1. The predicted octanol–water partition coefficient (Wildman–Crippen LogP) is 4.14. The third kappa shape index (κ3) is 3.15. The van der Waals surface area contributed by atoms with Crippen molar-refractivity contribution in [3.8, 4) is 11.3 Å². The zero-order chi connectivity index (χ0) is 13.1. The van der Waals surface area contributed by atoms with E-state index in [0.29, 0.717) is 16.7 Å². The number of aromatic nitrogens is 3. The first-order valence-electron chi connectivity index (χ1n) is 5.41. The Morgan fingerprint density at radius 1 is 1.37 bits per heavy atom. The molecule has 0 aliphatic carbocycles. The van der Waals surface area contributed by atoms with Crippen LogP contribution in [0.4, 0.5) is 0 Å². The Morgan fingerprint density at radius 2 is 2.32 bits per heavy atom. The number of hydrogen-bond donors (Lipinski definition) is 0. The van der Waals surface area contributed by atoms with Crippen molar-refractivity contribution in [2.45, 2.75) is 10.1 Å². The molecule has 2 heterocycles. The number of oxazole rings is 1. The molecule has 0 aliphatic heterocycles. The maximum absolute atomic E-state index is 5.95. The Bertz CT molecular complexity index is 669. The largest absolute Gasteiger partial charge is 0.440 e. The van der Waals surface area contributed by atoms with Crippen LogP contribution in [0, 0.1) is 0 Å². The Balaban J connectivity index is 1.72. The molecule has 7 heteroatoms. The van der Waals surface area contributed by atoms with E-state index < -0.39 is 0 Å². The van der Waals surface area contributed by atoms with Crippen molar-refractivity contribution in [3.63, 3.8) is 0 Å². The van der Waals surface area contributed by atoms with Crippen molar-refractivity contribution < 1.29 is 4.42 Å². The van der Waals surface area contributed by atoms with E-state index >= 15 is 0 Å². The minimum atomic E-state index is 0.635. The highest BCUT2D eigenvalue weighted by Gasteiger charge is 2.08. The highest BCUT2D eigenvalue weighted by atomic mass is 35.5. The van der Waals surface area contributed by atoms with Crippen molar-refractivity contribution in [2.75, 3.05) is 0 Å². The van der Waals surface area contributed by atoms with Crippen LogP contribution in [0.1, 0.15) is 5.89 Å². The van der Waals surface area contributed by atoms with Gasteiger partial charge in [0.15, 0.2) is 10.1 Å². The van der Waals surface area contributed by atoms with Gasteiger partial charge in [0.2, 0.25) is 5.89 Å². The van der Waals surface area contributed by atoms with E-state index in [1.54, 1.807) is 23.5 Å². The van der Waals surface area contributed by atoms with Crippen LogP contribution in [-0.4, -0.2) is 15.2 Å². The molecule has 0 saturated carbocycles. The molecule has 0 radical (unpaired) electrons. The molecule has 1 aromatic carbocycles. The second-order valence-corrected chi connectivity index (χ2v) is 6.11. The summed E-state index contributed by atoms with van der Waals surface area (Å²) in [7, 11) is 0. The number of nitrogens with zero attached hydrogens (tertiary/aromatic N) is 3. The first kappa shape index (κ1) is 12.7. The normalized spacial score (nSPS) is 10.8. The molecule has 0 saturated heterocycles. The van der Waals surface area contributed by atoms with Gasteiger partial charge in [-0.3, -0.25) is 0 Å². The molecule has 0 aliphatic rings. The van der Waals surface area contributed by atoms with Crippen molar-refractivity contribution in [1.82, 2.24) is 15.2 Å². The van der Waals surface area contributed by atoms with Crippen LogP contribution < -0.4 is 0 Å². The summed E-state index contributed by atoms with van der Waals surface area (Å²) in [6.07, 6.45) is 1.71. The zero-order valence-corrected chi connectivity index (χ0v) is 12.0. The van der Waals surface area contributed by atoms with Gasteiger partial charge >= 0.3 is 0 Å². The minimum Gasteiger partial charge on any atom is -0.440 e. The van der Waals surface area contributed by atoms with Gasteiger partial charge in [-0.2, -0.15) is 0 Å². The summed E-state index contributed by atoms with van der Waals surface area (Å²) >= 11 is 9.01. The molecule has 4 nitrogen and oxygen atoms in total. The summed E-state index contributed by atoms with van der Waals surface area (Å²) in [5.41, 5.74) is 2.63. The molecular weight excluding hydrogens is 302 g/mol. The fourth-order valence-electron chi connectivity index (χ4n) is 1.50. The topological polar surface area (TPSA) is 51.8 Å². The monoisotopic (exact) mass is 309 g/mol. The molecule has 0 N–H and O–H groups in total. The standard InChI is InChI=1S/C12H8ClN3OS2/c13-9-3-1-2-8(4-9)10-5-14-11(17-10)6-18-12-16-15-7-19-12/h1-5,7H,6H2. The van der Waals surface area contributed by atoms with Gasteiger partial charge in [0.1, 0.15) is 5.51 Å².